The van der Waals surface area contributed by atoms with Gasteiger partial charge in [-0.15, -0.1) is 11.3 Å². The van der Waals surface area contributed by atoms with Gasteiger partial charge in [0, 0.05) is 10.4 Å². The molecule has 0 fully saturated rings. The van der Waals surface area contributed by atoms with Crippen molar-refractivity contribution in [2.24, 2.45) is 5.73 Å². The summed E-state index contributed by atoms with van der Waals surface area (Å²) in [4.78, 5) is 13.6. The van der Waals surface area contributed by atoms with E-state index < -0.39 is 11.9 Å². The second kappa shape index (κ2) is 7.21. The normalized spacial score (nSPS) is 15.4. The number of methoxy groups -OCH3 is 3. The lowest BCUT2D eigenvalue weighted by Gasteiger charge is -2.25. The van der Waals surface area contributed by atoms with Crippen LogP contribution in [-0.4, -0.2) is 27.3 Å². The zero-order valence-electron chi connectivity index (χ0n) is 15.3. The van der Waals surface area contributed by atoms with Crippen LogP contribution in [0.3, 0.4) is 0 Å². The first-order chi connectivity index (χ1) is 13.0. The molecule has 1 aliphatic heterocycles. The van der Waals surface area contributed by atoms with Gasteiger partial charge in [0.15, 0.2) is 5.75 Å². The molecule has 0 unspecified atom stereocenters. The van der Waals surface area contributed by atoms with E-state index in [1.807, 2.05) is 0 Å². The third kappa shape index (κ3) is 2.96. The van der Waals surface area contributed by atoms with Crippen LogP contribution in [0.2, 0.25) is 0 Å². The highest BCUT2D eigenvalue weighted by Crippen LogP contribution is 2.51. The maximum atomic E-state index is 12.2. The molecule has 1 atom stereocenters. The molecule has 0 saturated heterocycles. The highest BCUT2D eigenvalue weighted by Gasteiger charge is 2.38. The first-order valence-electron chi connectivity index (χ1n) is 7.97. The van der Waals surface area contributed by atoms with Crippen molar-refractivity contribution in [3.8, 4) is 23.3 Å². The number of carbonyl (C=O) groups is 1. The number of ether oxygens (including phenoxy) is 4. The molecule has 2 N–H and O–H groups in total. The van der Waals surface area contributed by atoms with E-state index in [0.29, 0.717) is 38.1 Å². The monoisotopic (exact) mass is 386 g/mol. The van der Waals surface area contributed by atoms with Crippen LogP contribution >= 0.6 is 11.3 Å². The Morgan fingerprint density at radius 1 is 1.30 bits per heavy atom. The molecule has 3 rings (SSSR count). The van der Waals surface area contributed by atoms with Crippen molar-refractivity contribution < 1.29 is 23.7 Å². The minimum absolute atomic E-state index is 0.0529. The van der Waals surface area contributed by atoms with E-state index in [1.165, 1.54) is 18.4 Å². The van der Waals surface area contributed by atoms with Crippen LogP contribution < -0.4 is 19.9 Å². The average molecular weight is 386 g/mol. The van der Waals surface area contributed by atoms with E-state index in [2.05, 4.69) is 6.07 Å². The maximum Gasteiger partial charge on any atom is 0.342 e. The lowest BCUT2D eigenvalue weighted by molar-refractivity contribution is 0.0597. The summed E-state index contributed by atoms with van der Waals surface area (Å²) in [6.07, 6.45) is 0. The van der Waals surface area contributed by atoms with Crippen molar-refractivity contribution in [3.05, 3.63) is 50.5 Å². The summed E-state index contributed by atoms with van der Waals surface area (Å²) in [5, 5.41) is 9.71. The molecule has 27 heavy (non-hydrogen) atoms. The van der Waals surface area contributed by atoms with Gasteiger partial charge in [0.2, 0.25) is 5.88 Å². The number of hydrogen-bond donors (Lipinski definition) is 1. The summed E-state index contributed by atoms with van der Waals surface area (Å²) in [5.41, 5.74) is 7.27. The first-order valence-corrected chi connectivity index (χ1v) is 8.79. The van der Waals surface area contributed by atoms with Gasteiger partial charge in [0.1, 0.15) is 28.7 Å². The average Bonchev–Trinajstić information content (AvgIpc) is 3.00. The van der Waals surface area contributed by atoms with Gasteiger partial charge in [0.05, 0.1) is 32.1 Å². The smallest absolute Gasteiger partial charge is 0.342 e. The number of nitrogens with two attached hydrogens (primary N) is 1. The summed E-state index contributed by atoms with van der Waals surface area (Å²) < 4.78 is 21.4. The topological polar surface area (TPSA) is 104 Å². The Hall–Kier alpha value is -3.18. The van der Waals surface area contributed by atoms with Gasteiger partial charge in [0.25, 0.3) is 0 Å². The second-order valence-corrected chi connectivity index (χ2v) is 7.01. The Labute approximate surface area is 160 Å². The zero-order valence-corrected chi connectivity index (χ0v) is 16.1. The molecule has 2 heterocycles. The van der Waals surface area contributed by atoms with Gasteiger partial charge in [-0.25, -0.2) is 4.79 Å². The van der Waals surface area contributed by atoms with E-state index in [-0.39, 0.29) is 11.5 Å². The maximum absolute atomic E-state index is 12.2. The van der Waals surface area contributed by atoms with Crippen molar-refractivity contribution >= 4 is 17.3 Å². The van der Waals surface area contributed by atoms with Crippen LogP contribution in [-0.2, 0) is 4.74 Å². The molecule has 0 saturated carbocycles. The van der Waals surface area contributed by atoms with Gasteiger partial charge < -0.3 is 24.7 Å². The Balaban J connectivity index is 2.31. The number of benzene rings is 1. The molecule has 7 nitrogen and oxygen atoms in total. The lowest BCUT2D eigenvalue weighted by Crippen LogP contribution is -2.21. The molecule has 1 aliphatic rings. The van der Waals surface area contributed by atoms with Gasteiger partial charge in [-0.05, 0) is 25.1 Å². The number of hydrogen-bond acceptors (Lipinski definition) is 8. The van der Waals surface area contributed by atoms with E-state index in [9.17, 15) is 10.1 Å². The molecule has 2 aromatic rings. The van der Waals surface area contributed by atoms with Crippen LogP contribution in [0.1, 0.15) is 31.6 Å². The summed E-state index contributed by atoms with van der Waals surface area (Å²) in [5.74, 6) is 0.370. The number of esters is 1. The van der Waals surface area contributed by atoms with E-state index in [0.717, 1.165) is 0 Å². The molecule has 0 radical (unpaired) electrons. The molecule has 0 spiro atoms. The van der Waals surface area contributed by atoms with Crippen LogP contribution in [0.25, 0.3) is 0 Å². The molecule has 1 aromatic heterocycles. The zero-order chi connectivity index (χ0) is 19.7. The van der Waals surface area contributed by atoms with Crippen molar-refractivity contribution in [1.82, 2.24) is 0 Å². The second-order valence-electron chi connectivity index (χ2n) is 5.75. The number of allylic oxidation sites excluding steroid dienone is 1. The van der Waals surface area contributed by atoms with Crippen molar-refractivity contribution in [2.45, 2.75) is 12.8 Å². The third-order valence-electron chi connectivity index (χ3n) is 4.35. The summed E-state index contributed by atoms with van der Waals surface area (Å²) in [6.45, 7) is 1.79. The van der Waals surface area contributed by atoms with Gasteiger partial charge in [-0.1, -0.05) is 0 Å². The van der Waals surface area contributed by atoms with Crippen LogP contribution in [0.15, 0.2) is 29.7 Å². The highest BCUT2D eigenvalue weighted by molar-refractivity contribution is 7.12. The summed E-state index contributed by atoms with van der Waals surface area (Å²) in [7, 11) is 4.41. The minimum Gasteiger partial charge on any atom is -0.497 e. The largest absolute Gasteiger partial charge is 0.497 e. The fraction of sp³-hybridized carbons (Fsp3) is 0.263. The summed E-state index contributed by atoms with van der Waals surface area (Å²) in [6, 6.07) is 7.44. The quantitative estimate of drug-likeness (QED) is 0.805. The molecule has 8 heteroatoms. The van der Waals surface area contributed by atoms with Crippen LogP contribution in [0.4, 0.5) is 0 Å². The number of nitrogens with zero attached hydrogens (tertiary/aromatic N) is 1. The number of thiophene rings is 1. The van der Waals surface area contributed by atoms with Crippen LogP contribution in [0, 0.1) is 18.3 Å². The number of nitriles is 1. The van der Waals surface area contributed by atoms with Crippen molar-refractivity contribution in [2.75, 3.05) is 21.3 Å². The fourth-order valence-electron chi connectivity index (χ4n) is 3.09. The molecule has 0 amide bonds. The number of fused-ring (bicyclic) bond motifs is 1. The van der Waals surface area contributed by atoms with E-state index in [1.54, 1.807) is 39.3 Å². The lowest BCUT2D eigenvalue weighted by atomic mass is 9.87. The molecular weight excluding hydrogens is 368 g/mol. The Morgan fingerprint density at radius 2 is 2.04 bits per heavy atom. The number of aryl methyl sites for hydroxylation is 1. The molecule has 0 bridgehead atoms. The Bertz CT molecular complexity index is 987. The Morgan fingerprint density at radius 3 is 2.63 bits per heavy atom. The number of rotatable bonds is 4. The molecule has 140 valence electrons. The third-order valence-corrected chi connectivity index (χ3v) is 5.50. The van der Waals surface area contributed by atoms with E-state index >= 15 is 0 Å². The standard InChI is InChI=1S/C19H18N2O5S/c1-9-14(19(22)25-4)16-17(27-9)15(12(8-20)18(21)26-16)11-7-10(23-2)5-6-13(11)24-3/h5-7,15H,21H2,1-4H3/t15-/m1/s1. The van der Waals surface area contributed by atoms with E-state index in [4.69, 9.17) is 24.7 Å². The van der Waals surface area contributed by atoms with Crippen molar-refractivity contribution in [1.29, 1.82) is 5.26 Å². The molecular formula is C19H18N2O5S. The van der Waals surface area contributed by atoms with Gasteiger partial charge in [-0.2, -0.15) is 5.26 Å². The first kappa shape index (κ1) is 18.6. The predicted octanol–water partition coefficient (Wildman–Crippen LogP) is 3.08. The van der Waals surface area contributed by atoms with Crippen molar-refractivity contribution in [3.63, 3.8) is 0 Å². The number of carbonyl (C=O) groups excluding carboxylic acids is 1. The SMILES string of the molecule is COC(=O)c1c(C)sc2c1OC(N)=C(C#N)[C@H]2c1cc(OC)ccc1OC. The fourth-order valence-corrected chi connectivity index (χ4v) is 4.30. The Kier molecular flexibility index (Phi) is 4.97. The predicted molar refractivity (Wildman–Crippen MR) is 99.2 cm³/mol. The van der Waals surface area contributed by atoms with Gasteiger partial charge >= 0.3 is 5.97 Å². The molecule has 0 aliphatic carbocycles. The minimum atomic E-state index is -0.550. The highest BCUT2D eigenvalue weighted by atomic mass is 32.1. The van der Waals surface area contributed by atoms with Gasteiger partial charge in [-0.3, -0.25) is 0 Å². The summed E-state index contributed by atoms with van der Waals surface area (Å²) >= 11 is 1.35. The van der Waals surface area contributed by atoms with Crippen LogP contribution in [0.5, 0.6) is 17.2 Å². The molecule has 1 aromatic carbocycles.